The van der Waals surface area contributed by atoms with E-state index in [1.165, 1.54) is 6.20 Å². The van der Waals surface area contributed by atoms with Crippen LogP contribution in [-0.4, -0.2) is 52.1 Å². The second-order valence-corrected chi connectivity index (χ2v) is 6.48. The summed E-state index contributed by atoms with van der Waals surface area (Å²) in [5.74, 6) is 1.22. The SMILES string of the molecule is COc1ccccc1OC1CCCN(C(=O)c2cnc3[nH]c(=O)[nH]c3c2)C1. The smallest absolute Gasteiger partial charge is 0.325 e. The normalized spacial score (nSPS) is 17.1. The Morgan fingerprint density at radius 1 is 1.26 bits per heavy atom. The van der Waals surface area contributed by atoms with Crippen LogP contribution in [0.4, 0.5) is 0 Å². The molecular formula is C19H20N4O4. The molecule has 0 aliphatic carbocycles. The number of aromatic nitrogens is 3. The van der Waals surface area contributed by atoms with E-state index in [4.69, 9.17) is 9.47 Å². The van der Waals surface area contributed by atoms with Gasteiger partial charge in [-0.3, -0.25) is 9.78 Å². The summed E-state index contributed by atoms with van der Waals surface area (Å²) in [7, 11) is 1.60. The maximum absolute atomic E-state index is 12.9. The Kier molecular flexibility index (Phi) is 4.53. The molecule has 2 N–H and O–H groups in total. The van der Waals surface area contributed by atoms with Gasteiger partial charge in [-0.1, -0.05) is 12.1 Å². The molecule has 0 saturated carbocycles. The minimum atomic E-state index is -0.342. The number of methoxy groups -OCH3 is 1. The van der Waals surface area contributed by atoms with Crippen LogP contribution in [0.2, 0.25) is 0 Å². The molecule has 1 fully saturated rings. The number of benzene rings is 1. The molecule has 1 unspecified atom stereocenters. The number of fused-ring (bicyclic) bond motifs is 1. The number of rotatable bonds is 4. The van der Waals surface area contributed by atoms with E-state index >= 15 is 0 Å². The molecule has 0 spiro atoms. The van der Waals surface area contributed by atoms with Crippen molar-refractivity contribution in [2.24, 2.45) is 0 Å². The monoisotopic (exact) mass is 368 g/mol. The summed E-state index contributed by atoms with van der Waals surface area (Å²) in [4.78, 5) is 35.3. The van der Waals surface area contributed by atoms with Crippen LogP contribution in [0.5, 0.6) is 11.5 Å². The van der Waals surface area contributed by atoms with E-state index in [9.17, 15) is 9.59 Å². The minimum absolute atomic E-state index is 0.109. The average molecular weight is 368 g/mol. The van der Waals surface area contributed by atoms with E-state index in [-0.39, 0.29) is 17.7 Å². The Bertz CT molecular complexity index is 1030. The lowest BCUT2D eigenvalue weighted by atomic mass is 10.1. The highest BCUT2D eigenvalue weighted by molar-refractivity contribution is 5.96. The van der Waals surface area contributed by atoms with Crippen LogP contribution in [0.15, 0.2) is 41.3 Å². The van der Waals surface area contributed by atoms with Crippen LogP contribution in [0.1, 0.15) is 23.2 Å². The largest absolute Gasteiger partial charge is 0.493 e. The number of para-hydroxylation sites is 2. The number of nitrogens with zero attached hydrogens (tertiary/aromatic N) is 2. The van der Waals surface area contributed by atoms with E-state index in [2.05, 4.69) is 15.0 Å². The van der Waals surface area contributed by atoms with Crippen LogP contribution in [0.25, 0.3) is 11.2 Å². The molecule has 1 saturated heterocycles. The van der Waals surface area contributed by atoms with E-state index in [0.29, 0.717) is 41.3 Å². The predicted molar refractivity (Wildman–Crippen MR) is 99.3 cm³/mol. The third-order valence-corrected chi connectivity index (χ3v) is 4.64. The van der Waals surface area contributed by atoms with Crippen LogP contribution in [0.3, 0.4) is 0 Å². The van der Waals surface area contributed by atoms with Crippen molar-refractivity contribution >= 4 is 17.1 Å². The fourth-order valence-corrected chi connectivity index (χ4v) is 3.33. The lowest BCUT2D eigenvalue weighted by molar-refractivity contribution is 0.0532. The number of H-pyrrole nitrogens is 2. The second kappa shape index (κ2) is 7.14. The predicted octanol–water partition coefficient (Wildman–Crippen LogP) is 1.94. The molecule has 3 aromatic rings. The number of likely N-dealkylation sites (tertiary alicyclic amines) is 1. The summed E-state index contributed by atoms with van der Waals surface area (Å²) in [6.45, 7) is 1.14. The first-order chi connectivity index (χ1) is 13.1. The Hall–Kier alpha value is -3.29. The van der Waals surface area contributed by atoms with Gasteiger partial charge in [-0.25, -0.2) is 9.78 Å². The van der Waals surface area contributed by atoms with Crippen LogP contribution in [-0.2, 0) is 0 Å². The zero-order valence-corrected chi connectivity index (χ0v) is 14.9. The van der Waals surface area contributed by atoms with Gasteiger partial charge in [0.1, 0.15) is 6.10 Å². The van der Waals surface area contributed by atoms with Crippen molar-refractivity contribution in [1.29, 1.82) is 0 Å². The summed E-state index contributed by atoms with van der Waals surface area (Å²) in [6, 6.07) is 9.13. The van der Waals surface area contributed by atoms with Crippen LogP contribution >= 0.6 is 0 Å². The zero-order valence-electron chi connectivity index (χ0n) is 14.9. The summed E-state index contributed by atoms with van der Waals surface area (Å²) in [5, 5.41) is 0. The maximum Gasteiger partial charge on any atom is 0.325 e. The molecule has 1 aromatic carbocycles. The Labute approximate surface area is 155 Å². The number of carbonyl (C=O) groups is 1. The summed E-state index contributed by atoms with van der Waals surface area (Å²) in [5.41, 5.74) is 1.05. The molecule has 1 amide bonds. The molecule has 27 heavy (non-hydrogen) atoms. The minimum Gasteiger partial charge on any atom is -0.493 e. The number of nitrogens with one attached hydrogen (secondary N) is 2. The van der Waals surface area contributed by atoms with Gasteiger partial charge in [0.25, 0.3) is 5.91 Å². The first kappa shape index (κ1) is 17.1. The van der Waals surface area contributed by atoms with Crippen molar-refractivity contribution in [2.45, 2.75) is 18.9 Å². The molecule has 4 rings (SSSR count). The number of imidazole rings is 1. The summed E-state index contributed by atoms with van der Waals surface area (Å²) in [6.07, 6.45) is 3.09. The fraction of sp³-hybridized carbons (Fsp3) is 0.316. The third-order valence-electron chi connectivity index (χ3n) is 4.64. The van der Waals surface area contributed by atoms with Gasteiger partial charge in [-0.05, 0) is 31.0 Å². The van der Waals surface area contributed by atoms with Gasteiger partial charge in [-0.2, -0.15) is 0 Å². The van der Waals surface area contributed by atoms with Crippen molar-refractivity contribution in [3.8, 4) is 11.5 Å². The maximum atomic E-state index is 12.9. The number of piperidine rings is 1. The van der Waals surface area contributed by atoms with Crippen molar-refractivity contribution in [1.82, 2.24) is 19.9 Å². The highest BCUT2D eigenvalue weighted by Crippen LogP contribution is 2.29. The number of hydrogen-bond donors (Lipinski definition) is 2. The molecule has 8 nitrogen and oxygen atoms in total. The lowest BCUT2D eigenvalue weighted by Crippen LogP contribution is -2.44. The van der Waals surface area contributed by atoms with Crippen molar-refractivity contribution < 1.29 is 14.3 Å². The lowest BCUT2D eigenvalue weighted by Gasteiger charge is -2.33. The first-order valence-corrected chi connectivity index (χ1v) is 8.81. The Morgan fingerprint density at radius 3 is 2.89 bits per heavy atom. The van der Waals surface area contributed by atoms with E-state index in [1.807, 2.05) is 24.3 Å². The van der Waals surface area contributed by atoms with E-state index in [0.717, 1.165) is 12.8 Å². The highest BCUT2D eigenvalue weighted by Gasteiger charge is 2.26. The molecule has 3 heterocycles. The molecular weight excluding hydrogens is 348 g/mol. The van der Waals surface area contributed by atoms with Crippen molar-refractivity contribution in [3.05, 3.63) is 52.6 Å². The molecule has 1 aliphatic heterocycles. The fourth-order valence-electron chi connectivity index (χ4n) is 3.33. The number of hydrogen-bond acceptors (Lipinski definition) is 5. The van der Waals surface area contributed by atoms with Crippen LogP contribution in [0, 0.1) is 0 Å². The van der Waals surface area contributed by atoms with Gasteiger partial charge < -0.3 is 19.4 Å². The van der Waals surface area contributed by atoms with Gasteiger partial charge in [0.15, 0.2) is 17.1 Å². The molecule has 8 heteroatoms. The number of aromatic amines is 2. The van der Waals surface area contributed by atoms with Gasteiger partial charge in [0, 0.05) is 12.7 Å². The third kappa shape index (κ3) is 3.51. The van der Waals surface area contributed by atoms with E-state index < -0.39 is 0 Å². The van der Waals surface area contributed by atoms with E-state index in [1.54, 1.807) is 18.1 Å². The molecule has 2 aromatic heterocycles. The zero-order chi connectivity index (χ0) is 18.8. The first-order valence-electron chi connectivity index (χ1n) is 8.81. The van der Waals surface area contributed by atoms with Crippen molar-refractivity contribution in [2.75, 3.05) is 20.2 Å². The molecule has 140 valence electrons. The van der Waals surface area contributed by atoms with Crippen molar-refractivity contribution in [3.63, 3.8) is 0 Å². The number of ether oxygens (including phenoxy) is 2. The molecule has 1 atom stereocenters. The number of pyridine rings is 1. The highest BCUT2D eigenvalue weighted by atomic mass is 16.5. The number of amides is 1. The molecule has 1 aliphatic rings. The summed E-state index contributed by atoms with van der Waals surface area (Å²) < 4.78 is 11.4. The van der Waals surface area contributed by atoms with Gasteiger partial charge in [0.2, 0.25) is 0 Å². The standard InChI is InChI=1S/C19H20N4O4/c1-26-15-6-2-3-7-16(15)27-13-5-4-8-23(11-13)18(24)12-9-14-17(20-10-12)22-19(25)21-14/h2-3,6-7,9-10,13H,4-5,8,11H2,1H3,(H2,20,21,22,25). The van der Waals surface area contributed by atoms with Crippen LogP contribution < -0.4 is 15.2 Å². The second-order valence-electron chi connectivity index (χ2n) is 6.48. The van der Waals surface area contributed by atoms with Gasteiger partial charge in [0.05, 0.1) is 24.7 Å². The topological polar surface area (TPSA) is 100 Å². The quantitative estimate of drug-likeness (QED) is 0.733. The van der Waals surface area contributed by atoms with Gasteiger partial charge >= 0.3 is 5.69 Å². The molecule has 0 radical (unpaired) electrons. The molecule has 0 bridgehead atoms. The Morgan fingerprint density at radius 2 is 2.07 bits per heavy atom. The summed E-state index contributed by atoms with van der Waals surface area (Å²) >= 11 is 0. The number of carbonyl (C=O) groups excluding carboxylic acids is 1. The van der Waals surface area contributed by atoms with Gasteiger partial charge in [-0.15, -0.1) is 0 Å². The Balaban J connectivity index is 1.49. The average Bonchev–Trinajstić information content (AvgIpc) is 3.07.